The fraction of sp³-hybridized carbons (Fsp3) is 0.333. The van der Waals surface area contributed by atoms with E-state index in [-0.39, 0.29) is 0 Å². The van der Waals surface area contributed by atoms with Gasteiger partial charge in [0, 0.05) is 18.8 Å². The van der Waals surface area contributed by atoms with Crippen molar-refractivity contribution in [3.63, 3.8) is 0 Å². The minimum absolute atomic E-state index is 0.401. The smallest absolute Gasteiger partial charge is 0.221 e. The van der Waals surface area contributed by atoms with Crippen molar-refractivity contribution in [2.45, 2.75) is 20.8 Å². The van der Waals surface area contributed by atoms with E-state index in [1.165, 1.54) is 5.69 Å². The maximum Gasteiger partial charge on any atom is 0.221 e. The number of imidazole rings is 1. The van der Waals surface area contributed by atoms with Crippen molar-refractivity contribution in [1.82, 2.24) is 9.66 Å². The minimum atomic E-state index is 0.401. The summed E-state index contributed by atoms with van der Waals surface area (Å²) in [5, 5.41) is 4.30. The van der Waals surface area contributed by atoms with Gasteiger partial charge < -0.3 is 10.6 Å². The second-order valence-electron chi connectivity index (χ2n) is 4.59. The van der Waals surface area contributed by atoms with Gasteiger partial charge in [-0.3, -0.25) is 0 Å². The first-order valence-electron chi connectivity index (χ1n) is 6.84. The van der Waals surface area contributed by atoms with Crippen LogP contribution in [-0.4, -0.2) is 29.0 Å². The molecule has 2 N–H and O–H groups in total. The van der Waals surface area contributed by atoms with Crippen LogP contribution in [0.15, 0.2) is 35.6 Å². The van der Waals surface area contributed by atoms with Crippen LogP contribution in [0.2, 0.25) is 0 Å². The van der Waals surface area contributed by atoms with Gasteiger partial charge in [0.05, 0.1) is 18.1 Å². The van der Waals surface area contributed by atoms with E-state index in [0.717, 1.165) is 24.3 Å². The molecule has 106 valence electrons. The van der Waals surface area contributed by atoms with Crippen molar-refractivity contribution in [1.29, 1.82) is 0 Å². The second kappa shape index (κ2) is 6.23. The third-order valence-corrected chi connectivity index (χ3v) is 3.19. The Bertz CT molecular complexity index is 579. The van der Waals surface area contributed by atoms with Gasteiger partial charge in [0.15, 0.2) is 0 Å². The first-order valence-corrected chi connectivity index (χ1v) is 6.84. The normalized spacial score (nSPS) is 11.2. The van der Waals surface area contributed by atoms with Crippen LogP contribution >= 0.6 is 0 Å². The summed E-state index contributed by atoms with van der Waals surface area (Å²) in [6.45, 7) is 8.22. The Labute approximate surface area is 119 Å². The molecule has 1 aromatic carbocycles. The molecule has 0 radical (unpaired) electrons. The molecule has 0 aliphatic heterocycles. The molecule has 5 heteroatoms. The summed E-state index contributed by atoms with van der Waals surface area (Å²) in [7, 11) is 0. The van der Waals surface area contributed by atoms with Crippen LogP contribution < -0.4 is 10.6 Å². The Morgan fingerprint density at radius 1 is 1.25 bits per heavy atom. The standard InChI is InChI=1S/C15H21N5/c1-4-19(5-2)14-8-6-13(7-9-14)10-17-20-11-12(3)18-15(20)16/h6-11H,4-5H2,1-3H3,(H2,16,18). The maximum atomic E-state index is 5.74. The maximum absolute atomic E-state index is 5.74. The lowest BCUT2D eigenvalue weighted by Crippen LogP contribution is -2.21. The summed E-state index contributed by atoms with van der Waals surface area (Å²) in [6.07, 6.45) is 3.58. The zero-order valence-corrected chi connectivity index (χ0v) is 12.2. The molecule has 2 aromatic rings. The van der Waals surface area contributed by atoms with Crippen molar-refractivity contribution >= 4 is 17.9 Å². The van der Waals surface area contributed by atoms with E-state index in [9.17, 15) is 0 Å². The molecule has 0 saturated carbocycles. The van der Waals surface area contributed by atoms with Gasteiger partial charge in [-0.25, -0.2) is 9.66 Å². The van der Waals surface area contributed by atoms with Crippen LogP contribution in [-0.2, 0) is 0 Å². The van der Waals surface area contributed by atoms with E-state index in [2.05, 4.69) is 53.1 Å². The molecule has 0 amide bonds. The van der Waals surface area contributed by atoms with Crippen molar-refractivity contribution in [3.05, 3.63) is 41.7 Å². The number of aryl methyl sites for hydroxylation is 1. The lowest BCUT2D eigenvalue weighted by molar-refractivity contribution is 0.866. The number of benzene rings is 1. The van der Waals surface area contributed by atoms with Gasteiger partial charge in [0.25, 0.3) is 0 Å². The van der Waals surface area contributed by atoms with Crippen LogP contribution in [0.4, 0.5) is 11.6 Å². The molecule has 0 atom stereocenters. The number of aromatic nitrogens is 2. The van der Waals surface area contributed by atoms with Crippen molar-refractivity contribution < 1.29 is 0 Å². The minimum Gasteiger partial charge on any atom is -0.372 e. The van der Waals surface area contributed by atoms with Crippen LogP contribution in [0.1, 0.15) is 25.1 Å². The highest BCUT2D eigenvalue weighted by Crippen LogP contribution is 2.14. The molecule has 0 aliphatic carbocycles. The van der Waals surface area contributed by atoms with Gasteiger partial charge in [-0.2, -0.15) is 5.10 Å². The third kappa shape index (κ3) is 3.17. The average molecular weight is 271 g/mol. The summed E-state index contributed by atoms with van der Waals surface area (Å²) in [4.78, 5) is 6.41. The number of anilines is 2. The van der Waals surface area contributed by atoms with E-state index in [0.29, 0.717) is 5.95 Å². The molecule has 1 aromatic heterocycles. The average Bonchev–Trinajstić information content (AvgIpc) is 2.77. The molecule has 5 nitrogen and oxygen atoms in total. The molecule has 0 unspecified atom stereocenters. The molecule has 0 fully saturated rings. The van der Waals surface area contributed by atoms with Crippen LogP contribution in [0.3, 0.4) is 0 Å². The zero-order valence-electron chi connectivity index (χ0n) is 12.2. The molecule has 20 heavy (non-hydrogen) atoms. The summed E-state index contributed by atoms with van der Waals surface area (Å²) in [6, 6.07) is 8.32. The van der Waals surface area contributed by atoms with Gasteiger partial charge in [0.2, 0.25) is 5.95 Å². The van der Waals surface area contributed by atoms with E-state index < -0.39 is 0 Å². The number of nitrogens with zero attached hydrogens (tertiary/aromatic N) is 4. The number of rotatable bonds is 5. The van der Waals surface area contributed by atoms with E-state index >= 15 is 0 Å². The van der Waals surface area contributed by atoms with Gasteiger partial charge in [-0.1, -0.05) is 12.1 Å². The highest BCUT2D eigenvalue weighted by molar-refractivity contribution is 5.80. The summed E-state index contributed by atoms with van der Waals surface area (Å²) in [5.41, 5.74) is 8.86. The van der Waals surface area contributed by atoms with Gasteiger partial charge in [-0.05, 0) is 38.5 Å². The van der Waals surface area contributed by atoms with Crippen LogP contribution in [0.25, 0.3) is 0 Å². The Balaban J connectivity index is 2.13. The van der Waals surface area contributed by atoms with Gasteiger partial charge >= 0.3 is 0 Å². The predicted octanol–water partition coefficient (Wildman–Crippen LogP) is 2.50. The monoisotopic (exact) mass is 271 g/mol. The molecule has 0 saturated heterocycles. The fourth-order valence-corrected chi connectivity index (χ4v) is 2.09. The molecule has 0 bridgehead atoms. The van der Waals surface area contributed by atoms with Crippen molar-refractivity contribution in [3.8, 4) is 0 Å². The molecule has 1 heterocycles. The van der Waals surface area contributed by atoms with E-state index in [4.69, 9.17) is 5.73 Å². The first kappa shape index (κ1) is 14.1. The molecule has 2 rings (SSSR count). The largest absolute Gasteiger partial charge is 0.372 e. The number of hydrogen-bond acceptors (Lipinski definition) is 4. The summed E-state index contributed by atoms with van der Waals surface area (Å²) in [5.74, 6) is 0.401. The summed E-state index contributed by atoms with van der Waals surface area (Å²) < 4.78 is 1.58. The number of nitrogens with two attached hydrogens (primary N) is 1. The van der Waals surface area contributed by atoms with E-state index in [1.54, 1.807) is 17.1 Å². The van der Waals surface area contributed by atoms with Crippen LogP contribution in [0, 0.1) is 6.92 Å². The quantitative estimate of drug-likeness (QED) is 0.850. The molecular weight excluding hydrogens is 250 g/mol. The first-order chi connectivity index (χ1) is 9.63. The third-order valence-electron chi connectivity index (χ3n) is 3.19. The van der Waals surface area contributed by atoms with E-state index in [1.807, 2.05) is 6.92 Å². The highest BCUT2D eigenvalue weighted by atomic mass is 15.4. The summed E-state index contributed by atoms with van der Waals surface area (Å²) >= 11 is 0. The Hall–Kier alpha value is -2.30. The number of hydrogen-bond donors (Lipinski definition) is 1. The fourth-order valence-electron chi connectivity index (χ4n) is 2.09. The van der Waals surface area contributed by atoms with Crippen molar-refractivity contribution in [2.75, 3.05) is 23.7 Å². The van der Waals surface area contributed by atoms with Crippen LogP contribution in [0.5, 0.6) is 0 Å². The Morgan fingerprint density at radius 3 is 2.40 bits per heavy atom. The SMILES string of the molecule is CCN(CC)c1ccc(C=Nn2cc(C)nc2N)cc1. The molecule has 0 spiro atoms. The van der Waals surface area contributed by atoms with Gasteiger partial charge in [0.1, 0.15) is 0 Å². The molecular formula is C15H21N5. The predicted molar refractivity (Wildman–Crippen MR) is 84.4 cm³/mol. The lowest BCUT2D eigenvalue weighted by Gasteiger charge is -2.20. The zero-order chi connectivity index (χ0) is 14.5. The highest BCUT2D eigenvalue weighted by Gasteiger charge is 2.01. The Morgan fingerprint density at radius 2 is 1.90 bits per heavy atom. The number of nitrogen functional groups attached to an aromatic ring is 1. The van der Waals surface area contributed by atoms with Crippen molar-refractivity contribution in [2.24, 2.45) is 5.10 Å². The Kier molecular flexibility index (Phi) is 4.40. The topological polar surface area (TPSA) is 59.4 Å². The molecule has 0 aliphatic rings. The second-order valence-corrected chi connectivity index (χ2v) is 4.59. The van der Waals surface area contributed by atoms with Gasteiger partial charge in [-0.15, -0.1) is 0 Å². The lowest BCUT2D eigenvalue weighted by atomic mass is 10.2.